The van der Waals surface area contributed by atoms with Crippen LogP contribution in [-0.2, 0) is 6.42 Å². The van der Waals surface area contributed by atoms with Crippen molar-refractivity contribution in [1.82, 2.24) is 5.32 Å². The van der Waals surface area contributed by atoms with Crippen LogP contribution in [0.3, 0.4) is 0 Å². The van der Waals surface area contributed by atoms with Gasteiger partial charge in [0.2, 0.25) is 0 Å². The zero-order valence-corrected chi connectivity index (χ0v) is 17.3. The van der Waals surface area contributed by atoms with Gasteiger partial charge in [0.25, 0.3) is 5.91 Å². The molecule has 4 nitrogen and oxygen atoms in total. The third-order valence-corrected chi connectivity index (χ3v) is 6.01. The number of benzene rings is 2. The van der Waals surface area contributed by atoms with Crippen LogP contribution < -0.4 is 14.8 Å². The SMILES string of the molecule is Cc1ccc(C(=O)NC(CCc2ccccc2)c2ccc3c(c2)OCCCO3)s1. The molecule has 2 aromatic carbocycles. The number of ether oxygens (including phenoxy) is 2. The molecule has 1 aromatic heterocycles. The lowest BCUT2D eigenvalue weighted by atomic mass is 9.98. The van der Waals surface area contributed by atoms with Crippen molar-refractivity contribution in [3.63, 3.8) is 0 Å². The largest absolute Gasteiger partial charge is 0.490 e. The summed E-state index contributed by atoms with van der Waals surface area (Å²) in [5.74, 6) is 1.49. The highest BCUT2D eigenvalue weighted by Gasteiger charge is 2.20. The van der Waals surface area contributed by atoms with Crippen molar-refractivity contribution in [3.8, 4) is 11.5 Å². The molecular formula is C24H25NO3S. The maximum atomic E-state index is 12.8. The Bertz CT molecular complexity index is 967. The molecule has 0 saturated carbocycles. The second-order valence-electron chi connectivity index (χ2n) is 7.22. The van der Waals surface area contributed by atoms with Gasteiger partial charge in [0.15, 0.2) is 11.5 Å². The van der Waals surface area contributed by atoms with E-state index in [4.69, 9.17) is 9.47 Å². The Kier molecular flexibility index (Phi) is 6.15. The highest BCUT2D eigenvalue weighted by molar-refractivity contribution is 7.13. The van der Waals surface area contributed by atoms with Crippen LogP contribution in [0.5, 0.6) is 11.5 Å². The zero-order chi connectivity index (χ0) is 20.1. The van der Waals surface area contributed by atoms with Crippen molar-refractivity contribution >= 4 is 17.2 Å². The molecule has 1 amide bonds. The molecule has 0 spiro atoms. The molecule has 4 rings (SSSR count). The standard InChI is InChI=1S/C24H25NO3S/c1-17-8-13-23(29-17)24(26)25-20(11-9-18-6-3-2-4-7-18)19-10-12-21-22(16-19)28-15-5-14-27-21/h2-4,6-8,10,12-13,16,20H,5,9,11,14-15H2,1H3,(H,25,26). The van der Waals surface area contributed by atoms with E-state index in [-0.39, 0.29) is 11.9 Å². The summed E-state index contributed by atoms with van der Waals surface area (Å²) in [6.45, 7) is 3.32. The minimum atomic E-state index is -0.109. The van der Waals surface area contributed by atoms with Crippen LogP contribution in [0.2, 0.25) is 0 Å². The van der Waals surface area contributed by atoms with Crippen molar-refractivity contribution in [3.05, 3.63) is 81.5 Å². The number of amides is 1. The fraction of sp³-hybridized carbons (Fsp3) is 0.292. The lowest BCUT2D eigenvalue weighted by molar-refractivity contribution is 0.0938. The van der Waals surface area contributed by atoms with Gasteiger partial charge in [-0.15, -0.1) is 11.3 Å². The lowest BCUT2D eigenvalue weighted by Crippen LogP contribution is -2.28. The predicted molar refractivity (Wildman–Crippen MR) is 116 cm³/mol. The highest BCUT2D eigenvalue weighted by Crippen LogP contribution is 2.33. The first kappa shape index (κ1) is 19.5. The third kappa shape index (κ3) is 4.98. The van der Waals surface area contributed by atoms with Gasteiger partial charge in [-0.05, 0) is 55.2 Å². The second kappa shape index (κ2) is 9.14. The van der Waals surface area contributed by atoms with Crippen molar-refractivity contribution in [2.45, 2.75) is 32.2 Å². The van der Waals surface area contributed by atoms with E-state index in [1.165, 1.54) is 16.9 Å². The summed E-state index contributed by atoms with van der Waals surface area (Å²) in [4.78, 5) is 14.7. The first-order valence-electron chi connectivity index (χ1n) is 10.00. The van der Waals surface area contributed by atoms with Gasteiger partial charge in [0, 0.05) is 11.3 Å². The van der Waals surface area contributed by atoms with Gasteiger partial charge in [0.1, 0.15) is 0 Å². The fourth-order valence-corrected chi connectivity index (χ4v) is 4.23. The van der Waals surface area contributed by atoms with E-state index >= 15 is 0 Å². The van der Waals surface area contributed by atoms with Crippen molar-refractivity contribution < 1.29 is 14.3 Å². The molecule has 5 heteroatoms. The summed E-state index contributed by atoms with van der Waals surface area (Å²) in [6.07, 6.45) is 2.55. The number of hydrogen-bond acceptors (Lipinski definition) is 4. The molecule has 0 radical (unpaired) electrons. The number of hydrogen-bond donors (Lipinski definition) is 1. The second-order valence-corrected chi connectivity index (χ2v) is 8.51. The Hall–Kier alpha value is -2.79. The van der Waals surface area contributed by atoms with Crippen molar-refractivity contribution in [2.75, 3.05) is 13.2 Å². The average molecular weight is 408 g/mol. The van der Waals surface area contributed by atoms with E-state index in [9.17, 15) is 4.79 Å². The molecule has 0 fully saturated rings. The lowest BCUT2D eigenvalue weighted by Gasteiger charge is -2.20. The van der Waals surface area contributed by atoms with Crippen LogP contribution in [0.15, 0.2) is 60.7 Å². The average Bonchev–Trinajstić information content (AvgIpc) is 3.05. The Labute approximate surface area is 175 Å². The van der Waals surface area contributed by atoms with E-state index in [0.717, 1.165) is 46.1 Å². The quantitative estimate of drug-likeness (QED) is 0.601. The molecule has 1 N–H and O–H groups in total. The van der Waals surface area contributed by atoms with Gasteiger partial charge in [-0.1, -0.05) is 36.4 Å². The summed E-state index contributed by atoms with van der Waals surface area (Å²) in [5, 5.41) is 3.23. The van der Waals surface area contributed by atoms with Gasteiger partial charge < -0.3 is 14.8 Å². The van der Waals surface area contributed by atoms with E-state index in [2.05, 4.69) is 17.4 Å². The molecule has 0 saturated heterocycles. The minimum Gasteiger partial charge on any atom is -0.490 e. The molecule has 0 bridgehead atoms. The molecule has 150 valence electrons. The number of fused-ring (bicyclic) bond motifs is 1. The summed E-state index contributed by atoms with van der Waals surface area (Å²) in [6, 6.07) is 20.1. The smallest absolute Gasteiger partial charge is 0.261 e. The summed E-state index contributed by atoms with van der Waals surface area (Å²) < 4.78 is 11.6. The Morgan fingerprint density at radius 1 is 1.03 bits per heavy atom. The number of carbonyl (C=O) groups is 1. The number of nitrogens with one attached hydrogen (secondary N) is 1. The van der Waals surface area contributed by atoms with Crippen LogP contribution in [0.4, 0.5) is 0 Å². The summed E-state index contributed by atoms with van der Waals surface area (Å²) >= 11 is 1.52. The van der Waals surface area contributed by atoms with Gasteiger partial charge in [0.05, 0.1) is 24.1 Å². The molecule has 3 aromatic rings. The van der Waals surface area contributed by atoms with E-state index in [1.54, 1.807) is 0 Å². The van der Waals surface area contributed by atoms with Gasteiger partial charge in [-0.3, -0.25) is 4.79 Å². The molecule has 1 aliphatic heterocycles. The minimum absolute atomic E-state index is 0.0340. The van der Waals surface area contributed by atoms with E-state index in [0.29, 0.717) is 13.2 Å². The molecule has 2 heterocycles. The Balaban J connectivity index is 1.56. The van der Waals surface area contributed by atoms with Crippen LogP contribution in [0, 0.1) is 6.92 Å². The Morgan fingerprint density at radius 3 is 2.59 bits per heavy atom. The van der Waals surface area contributed by atoms with Crippen LogP contribution in [0.25, 0.3) is 0 Å². The van der Waals surface area contributed by atoms with E-state index < -0.39 is 0 Å². The summed E-state index contributed by atoms with van der Waals surface area (Å²) in [7, 11) is 0. The molecule has 1 unspecified atom stereocenters. The molecule has 1 atom stereocenters. The third-order valence-electron chi connectivity index (χ3n) is 5.01. The molecular weight excluding hydrogens is 382 g/mol. The predicted octanol–water partition coefficient (Wildman–Crippen LogP) is 5.32. The van der Waals surface area contributed by atoms with Crippen LogP contribution >= 0.6 is 11.3 Å². The number of aryl methyl sites for hydroxylation is 2. The highest BCUT2D eigenvalue weighted by atomic mass is 32.1. The normalized spacial score (nSPS) is 14.1. The van der Waals surface area contributed by atoms with Crippen LogP contribution in [0.1, 0.15) is 44.6 Å². The topological polar surface area (TPSA) is 47.6 Å². The van der Waals surface area contributed by atoms with Gasteiger partial charge in [-0.2, -0.15) is 0 Å². The van der Waals surface area contributed by atoms with Crippen LogP contribution in [-0.4, -0.2) is 19.1 Å². The first-order chi connectivity index (χ1) is 14.2. The monoisotopic (exact) mass is 407 g/mol. The van der Waals surface area contributed by atoms with E-state index in [1.807, 2.05) is 55.5 Å². The molecule has 29 heavy (non-hydrogen) atoms. The zero-order valence-electron chi connectivity index (χ0n) is 16.5. The summed E-state index contributed by atoms with van der Waals surface area (Å²) in [5.41, 5.74) is 2.29. The fourth-order valence-electron chi connectivity index (χ4n) is 3.46. The van der Waals surface area contributed by atoms with Crippen molar-refractivity contribution in [1.29, 1.82) is 0 Å². The van der Waals surface area contributed by atoms with Gasteiger partial charge in [-0.25, -0.2) is 0 Å². The number of rotatable bonds is 6. The maximum Gasteiger partial charge on any atom is 0.261 e. The maximum absolute atomic E-state index is 12.8. The number of carbonyl (C=O) groups excluding carboxylic acids is 1. The molecule has 0 aliphatic carbocycles. The molecule has 1 aliphatic rings. The Morgan fingerprint density at radius 2 is 1.83 bits per heavy atom. The van der Waals surface area contributed by atoms with Crippen molar-refractivity contribution in [2.24, 2.45) is 0 Å². The number of thiophene rings is 1. The first-order valence-corrected chi connectivity index (χ1v) is 10.8. The van der Waals surface area contributed by atoms with Gasteiger partial charge >= 0.3 is 0 Å².